The molecule has 0 spiro atoms. The van der Waals surface area contributed by atoms with E-state index in [0.29, 0.717) is 30.8 Å². The molecule has 35 heavy (non-hydrogen) atoms. The van der Waals surface area contributed by atoms with Crippen LogP contribution in [0.25, 0.3) is 11.1 Å². The summed E-state index contributed by atoms with van der Waals surface area (Å²) in [5.74, 6) is -3.82. The van der Waals surface area contributed by atoms with Gasteiger partial charge in [0.25, 0.3) is 0 Å². The minimum atomic E-state index is -1.13. The van der Waals surface area contributed by atoms with Crippen molar-refractivity contribution in [2.45, 2.75) is 52.1 Å². The highest BCUT2D eigenvalue weighted by atomic mass is 19.1. The maximum Gasteiger partial charge on any atom is 0.326 e. The van der Waals surface area contributed by atoms with Gasteiger partial charge in [0.15, 0.2) is 5.79 Å². The van der Waals surface area contributed by atoms with Crippen molar-refractivity contribution in [3.05, 3.63) is 59.2 Å². The average molecular weight is 491 g/mol. The summed E-state index contributed by atoms with van der Waals surface area (Å²) in [6, 6.07) is 7.94. The lowest BCUT2D eigenvalue weighted by atomic mass is 10.0. The predicted octanol–water partition coefficient (Wildman–Crippen LogP) is 4.04. The molecule has 4 rings (SSSR count). The van der Waals surface area contributed by atoms with E-state index in [1.807, 2.05) is 30.9 Å². The Balaban J connectivity index is 0.00000167. The van der Waals surface area contributed by atoms with Crippen LogP contribution in [0.5, 0.6) is 0 Å². The number of nitrogens with zero attached hydrogens (tertiary/aromatic N) is 2. The van der Waals surface area contributed by atoms with Gasteiger partial charge < -0.3 is 19.5 Å². The van der Waals surface area contributed by atoms with E-state index in [9.17, 15) is 23.5 Å². The van der Waals surface area contributed by atoms with Gasteiger partial charge in [0.05, 0.1) is 13.1 Å². The molecule has 2 aliphatic heterocycles. The molecule has 2 heterocycles. The second-order valence-corrected chi connectivity index (χ2v) is 8.38. The topological polar surface area (TPSA) is 79.3 Å². The maximum absolute atomic E-state index is 14.2. The largest absolute Gasteiger partial charge is 0.480 e. The van der Waals surface area contributed by atoms with E-state index in [1.165, 1.54) is 24.1 Å². The van der Waals surface area contributed by atoms with Crippen molar-refractivity contribution in [1.82, 2.24) is 9.80 Å². The van der Waals surface area contributed by atoms with Crippen LogP contribution >= 0.6 is 0 Å². The van der Waals surface area contributed by atoms with Crippen LogP contribution in [0, 0.1) is 11.6 Å². The number of fused-ring (bicyclic) bond motifs is 1. The highest BCUT2D eigenvalue weighted by molar-refractivity contribution is 5.85. The minimum absolute atomic E-state index is 0.0324. The molecular weight excluding hydrogens is 458 g/mol. The van der Waals surface area contributed by atoms with Crippen molar-refractivity contribution in [1.29, 1.82) is 0 Å². The molecule has 1 saturated heterocycles. The van der Waals surface area contributed by atoms with E-state index < -0.39 is 29.4 Å². The Morgan fingerprint density at radius 2 is 1.83 bits per heavy atom. The van der Waals surface area contributed by atoms with Gasteiger partial charge >= 0.3 is 5.97 Å². The molecule has 0 saturated carbocycles. The fraction of sp³-hybridized carbons (Fsp3) is 0.462. The lowest BCUT2D eigenvalue weighted by Crippen LogP contribution is -2.46. The Hall–Kier alpha value is -2.88. The fourth-order valence-electron chi connectivity index (χ4n) is 4.65. The van der Waals surface area contributed by atoms with Gasteiger partial charge in [-0.1, -0.05) is 26.0 Å². The molecule has 2 atom stereocenters. The van der Waals surface area contributed by atoms with Crippen LogP contribution in [0.15, 0.2) is 36.4 Å². The number of carbonyl (C=O) groups is 2. The molecule has 7 nitrogen and oxygen atoms in total. The second kappa shape index (κ2) is 11.2. The fourth-order valence-corrected chi connectivity index (χ4v) is 4.65. The van der Waals surface area contributed by atoms with Crippen LogP contribution in [0.1, 0.15) is 38.3 Å². The number of likely N-dealkylation sites (tertiary alicyclic amines) is 1. The molecule has 1 N–H and O–H groups in total. The molecule has 9 heteroatoms. The van der Waals surface area contributed by atoms with Crippen molar-refractivity contribution < 1.29 is 33.0 Å². The summed E-state index contributed by atoms with van der Waals surface area (Å²) in [4.78, 5) is 28.1. The third kappa shape index (κ3) is 5.69. The molecule has 1 amide bonds. The summed E-state index contributed by atoms with van der Waals surface area (Å²) in [5, 5.41) is 9.64. The van der Waals surface area contributed by atoms with Crippen molar-refractivity contribution in [3.63, 3.8) is 0 Å². The highest BCUT2D eigenvalue weighted by Crippen LogP contribution is 2.33. The van der Waals surface area contributed by atoms with Gasteiger partial charge in [-0.3, -0.25) is 9.69 Å². The van der Waals surface area contributed by atoms with Crippen LogP contribution in [0.3, 0.4) is 0 Å². The number of rotatable bonds is 7. The molecule has 0 aromatic heterocycles. The number of ether oxygens (including phenoxy) is 2. The van der Waals surface area contributed by atoms with E-state index in [0.717, 1.165) is 17.2 Å². The lowest BCUT2D eigenvalue weighted by Gasteiger charge is -2.28. The number of aliphatic carboxylic acids is 1. The van der Waals surface area contributed by atoms with Crippen LogP contribution in [-0.4, -0.2) is 65.4 Å². The number of amides is 1. The Bertz CT molecular complexity index is 1080. The van der Waals surface area contributed by atoms with E-state index in [2.05, 4.69) is 0 Å². The van der Waals surface area contributed by atoms with Crippen molar-refractivity contribution in [3.8, 4) is 11.1 Å². The standard InChI is InChI=1S/C24H26F2N2O5.C2H6/c1-3-33-24(32-2)10-21(23(30)31)28(14-24)22(29)13-27-11-16-5-4-15(8-17(16)12-27)19-7-6-18(25)9-20(19)26;1-2/h4-9,21H,3,10-14H2,1-2H3,(H,30,31);1-2H3. The van der Waals surface area contributed by atoms with Crippen molar-refractivity contribution in [2.75, 3.05) is 26.8 Å². The number of carboxylic acid groups (broad SMARTS) is 1. The quantitative estimate of drug-likeness (QED) is 0.591. The molecule has 1 fully saturated rings. The summed E-state index contributed by atoms with van der Waals surface area (Å²) >= 11 is 0. The number of hydrogen-bond acceptors (Lipinski definition) is 5. The Kier molecular flexibility index (Phi) is 8.58. The minimum Gasteiger partial charge on any atom is -0.480 e. The molecule has 2 aliphatic rings. The number of hydrogen-bond donors (Lipinski definition) is 1. The number of benzene rings is 2. The van der Waals surface area contributed by atoms with Gasteiger partial charge in [0.2, 0.25) is 5.91 Å². The molecule has 0 bridgehead atoms. The van der Waals surface area contributed by atoms with Gasteiger partial charge in [0.1, 0.15) is 17.7 Å². The summed E-state index contributed by atoms with van der Waals surface area (Å²) in [6.07, 6.45) is 0.0607. The van der Waals surface area contributed by atoms with Crippen LogP contribution in [0.2, 0.25) is 0 Å². The Labute approximate surface area is 204 Å². The summed E-state index contributed by atoms with van der Waals surface area (Å²) < 4.78 is 38.5. The highest BCUT2D eigenvalue weighted by Gasteiger charge is 2.50. The zero-order valence-electron chi connectivity index (χ0n) is 20.5. The van der Waals surface area contributed by atoms with Gasteiger partial charge in [-0.05, 0) is 41.8 Å². The molecule has 2 unspecified atom stereocenters. The van der Waals surface area contributed by atoms with Crippen molar-refractivity contribution >= 4 is 11.9 Å². The smallest absolute Gasteiger partial charge is 0.326 e. The molecule has 190 valence electrons. The summed E-state index contributed by atoms with van der Waals surface area (Å²) in [7, 11) is 1.45. The summed E-state index contributed by atoms with van der Waals surface area (Å²) in [5.41, 5.74) is 2.89. The normalized spacial score (nSPS) is 21.4. The van der Waals surface area contributed by atoms with Crippen LogP contribution in [-0.2, 0) is 32.2 Å². The van der Waals surface area contributed by atoms with E-state index in [4.69, 9.17) is 9.47 Å². The van der Waals surface area contributed by atoms with E-state index in [1.54, 1.807) is 13.0 Å². The van der Waals surface area contributed by atoms with Crippen molar-refractivity contribution in [2.24, 2.45) is 0 Å². The first kappa shape index (κ1) is 26.7. The predicted molar refractivity (Wildman–Crippen MR) is 126 cm³/mol. The van der Waals surface area contributed by atoms with Gasteiger partial charge in [-0.15, -0.1) is 0 Å². The number of carboxylic acids is 1. The third-order valence-electron chi connectivity index (χ3n) is 6.27. The second-order valence-electron chi connectivity index (χ2n) is 8.38. The first-order chi connectivity index (χ1) is 16.7. The molecule has 2 aromatic carbocycles. The number of methoxy groups -OCH3 is 1. The number of halogens is 2. The third-order valence-corrected chi connectivity index (χ3v) is 6.27. The summed E-state index contributed by atoms with van der Waals surface area (Å²) in [6.45, 7) is 7.17. The first-order valence-corrected chi connectivity index (χ1v) is 11.8. The zero-order chi connectivity index (χ0) is 25.8. The Morgan fingerprint density at radius 1 is 1.11 bits per heavy atom. The van der Waals surface area contributed by atoms with Gasteiger partial charge in [-0.2, -0.15) is 0 Å². The lowest BCUT2D eigenvalue weighted by molar-refractivity contribution is -0.210. The van der Waals surface area contributed by atoms with Gasteiger partial charge in [0, 0.05) is 44.9 Å². The molecule has 0 radical (unpaired) electrons. The molecule has 2 aromatic rings. The van der Waals surface area contributed by atoms with E-state index in [-0.39, 0.29) is 25.4 Å². The zero-order valence-corrected chi connectivity index (χ0v) is 20.5. The first-order valence-electron chi connectivity index (χ1n) is 11.8. The van der Waals surface area contributed by atoms with Crippen LogP contribution < -0.4 is 0 Å². The van der Waals surface area contributed by atoms with Gasteiger partial charge in [-0.25, -0.2) is 13.6 Å². The average Bonchev–Trinajstić information content (AvgIpc) is 3.42. The monoisotopic (exact) mass is 490 g/mol. The maximum atomic E-state index is 14.2. The van der Waals surface area contributed by atoms with Crippen LogP contribution in [0.4, 0.5) is 8.78 Å². The molecule has 0 aliphatic carbocycles. The van der Waals surface area contributed by atoms with E-state index >= 15 is 0 Å². The Morgan fingerprint density at radius 3 is 2.46 bits per heavy atom. The SMILES string of the molecule is CC.CCOC1(OC)CC(C(=O)O)N(C(=O)CN2Cc3ccc(-c4ccc(F)cc4F)cc3C2)C1. The molecular formula is C26H32F2N2O5. The number of carbonyl (C=O) groups excluding carboxylic acids is 1.